The Morgan fingerprint density at radius 1 is 0.583 bits per heavy atom. The van der Waals surface area contributed by atoms with Gasteiger partial charge in [-0.15, -0.1) is 0 Å². The number of aliphatic hydroxyl groups is 3. The molecule has 0 aliphatic carbocycles. The number of rotatable bonds is 37. The topological polar surface area (TPSA) is 186 Å². The van der Waals surface area contributed by atoms with Crippen molar-refractivity contribution in [2.24, 2.45) is 0 Å². The highest BCUT2D eigenvalue weighted by Gasteiger charge is 2.46. The van der Waals surface area contributed by atoms with Crippen LogP contribution < -0.4 is 0 Å². The smallest absolute Gasteiger partial charge is 0.306 e. The molecule has 346 valence electrons. The van der Waals surface area contributed by atoms with Crippen LogP contribution in [0.15, 0.2) is 60.8 Å². The minimum absolute atomic E-state index is 0.151. The second-order valence-corrected chi connectivity index (χ2v) is 17.2. The van der Waals surface area contributed by atoms with E-state index in [4.69, 9.17) is 18.9 Å². The maximum Gasteiger partial charge on any atom is 0.306 e. The van der Waals surface area contributed by atoms with E-state index < -0.39 is 71.2 Å². The van der Waals surface area contributed by atoms with E-state index in [9.17, 15) is 37.9 Å². The third kappa shape index (κ3) is 31.2. The molecule has 1 aliphatic heterocycles. The number of hydrogen-bond donors (Lipinski definition) is 4. The summed E-state index contributed by atoms with van der Waals surface area (Å²) >= 11 is 0. The van der Waals surface area contributed by atoms with Gasteiger partial charge in [-0.25, -0.2) is 0 Å². The molecule has 0 aromatic carbocycles. The summed E-state index contributed by atoms with van der Waals surface area (Å²) in [5.41, 5.74) is 0. The van der Waals surface area contributed by atoms with Gasteiger partial charge >= 0.3 is 11.9 Å². The fourth-order valence-electron chi connectivity index (χ4n) is 6.53. The van der Waals surface area contributed by atoms with Crippen LogP contribution in [0.5, 0.6) is 0 Å². The summed E-state index contributed by atoms with van der Waals surface area (Å²) in [6, 6.07) is 0. The number of hydrogen-bond acceptors (Lipinski definition) is 11. The maximum absolute atomic E-state index is 12.8. The van der Waals surface area contributed by atoms with Crippen molar-refractivity contribution in [2.45, 2.75) is 205 Å². The molecule has 0 amide bonds. The third-order valence-corrected chi connectivity index (χ3v) is 10.8. The molecule has 12 nitrogen and oxygen atoms in total. The molecule has 1 heterocycles. The van der Waals surface area contributed by atoms with Crippen LogP contribution in [0.3, 0.4) is 0 Å². The van der Waals surface area contributed by atoms with E-state index >= 15 is 0 Å². The van der Waals surface area contributed by atoms with Crippen molar-refractivity contribution in [3.05, 3.63) is 60.8 Å². The van der Waals surface area contributed by atoms with Crippen molar-refractivity contribution in [1.82, 2.24) is 0 Å². The zero-order chi connectivity index (χ0) is 44.1. The molecule has 0 saturated carbocycles. The molecule has 1 rings (SSSR count). The summed E-state index contributed by atoms with van der Waals surface area (Å²) in [4.78, 5) is 25.4. The lowest BCUT2D eigenvalue weighted by molar-refractivity contribution is -0.297. The minimum Gasteiger partial charge on any atom is -0.462 e. The molecule has 60 heavy (non-hydrogen) atoms. The highest BCUT2D eigenvalue weighted by molar-refractivity contribution is 7.85. The molecule has 0 spiro atoms. The number of allylic oxidation sites excluding steroid dienone is 10. The zero-order valence-corrected chi connectivity index (χ0v) is 37.6. The molecule has 1 aliphatic rings. The van der Waals surface area contributed by atoms with Crippen LogP contribution in [0.25, 0.3) is 0 Å². The molecule has 6 atom stereocenters. The van der Waals surface area contributed by atoms with Crippen LogP contribution in [0.1, 0.15) is 168 Å². The predicted molar refractivity (Wildman–Crippen MR) is 238 cm³/mol. The standard InChI is InChI=1S/C47H80O12S/c1-3-5-7-9-11-13-15-16-17-18-19-20-21-22-23-24-26-28-30-32-34-36-43(49)58-40(37-56-42(48)35-33-31-29-27-25-14-12-10-8-6-4-2)38-57-47-46(52)45(51)44(50)41(59-47)39-60(53,54)55/h5,7,10-13,16-17,19-20,40-41,44-47,50-52H,3-4,6,8-9,14-15,18,21-39H2,1-2H3,(H,53,54,55)/b7-5-,12-10-,13-11-,17-16-,20-19-. The summed E-state index contributed by atoms with van der Waals surface area (Å²) in [7, 11) is -4.61. The SMILES string of the molecule is CC/C=C\C/C=C\C/C=C\C/C=C\CCCCCCCCCCC(=O)OC(COC(=O)CCCCCCC/C=C\CCCC)COC1OC(CS(=O)(=O)O)C(O)C(O)C1O. The van der Waals surface area contributed by atoms with E-state index in [1.165, 1.54) is 32.1 Å². The molecule has 4 N–H and O–H groups in total. The number of unbranched alkanes of at least 4 members (excludes halogenated alkanes) is 15. The molecule has 13 heteroatoms. The van der Waals surface area contributed by atoms with Gasteiger partial charge in [0, 0.05) is 12.8 Å². The Morgan fingerprint density at radius 2 is 1.05 bits per heavy atom. The van der Waals surface area contributed by atoms with Crippen LogP contribution in [-0.2, 0) is 38.7 Å². The molecule has 0 bridgehead atoms. The van der Waals surface area contributed by atoms with Gasteiger partial charge in [-0.05, 0) is 70.6 Å². The third-order valence-electron chi connectivity index (χ3n) is 10.1. The second-order valence-electron chi connectivity index (χ2n) is 15.7. The first-order valence-electron chi connectivity index (χ1n) is 22.8. The van der Waals surface area contributed by atoms with Gasteiger partial charge < -0.3 is 34.3 Å². The predicted octanol–water partition coefficient (Wildman–Crippen LogP) is 9.34. The summed E-state index contributed by atoms with van der Waals surface area (Å²) in [5, 5.41) is 30.9. The van der Waals surface area contributed by atoms with Gasteiger partial charge in [-0.3, -0.25) is 14.1 Å². The lowest BCUT2D eigenvalue weighted by Gasteiger charge is -2.40. The van der Waals surface area contributed by atoms with Crippen molar-refractivity contribution in [3.63, 3.8) is 0 Å². The Hall–Kier alpha value is -2.65. The first-order valence-corrected chi connectivity index (χ1v) is 24.5. The number of esters is 2. The van der Waals surface area contributed by atoms with Crippen molar-refractivity contribution >= 4 is 22.1 Å². The Bertz CT molecular complexity index is 1340. The van der Waals surface area contributed by atoms with Gasteiger partial charge in [-0.2, -0.15) is 8.42 Å². The Kier molecular flexibility index (Phi) is 34.1. The average molecular weight is 869 g/mol. The van der Waals surface area contributed by atoms with Gasteiger partial charge in [0.2, 0.25) is 0 Å². The second kappa shape index (κ2) is 37.0. The number of ether oxygens (including phenoxy) is 4. The van der Waals surface area contributed by atoms with E-state index in [0.717, 1.165) is 96.3 Å². The first kappa shape index (κ1) is 55.4. The first-order chi connectivity index (χ1) is 29.0. The lowest BCUT2D eigenvalue weighted by Crippen LogP contribution is -2.60. The Balaban J connectivity index is 2.42. The highest BCUT2D eigenvalue weighted by atomic mass is 32.2. The fraction of sp³-hybridized carbons (Fsp3) is 0.745. The van der Waals surface area contributed by atoms with Gasteiger partial charge in [0.1, 0.15) is 36.8 Å². The number of carbonyl (C=O) groups excluding carboxylic acids is 2. The van der Waals surface area contributed by atoms with Gasteiger partial charge in [-0.1, -0.05) is 145 Å². The van der Waals surface area contributed by atoms with E-state index in [0.29, 0.717) is 12.8 Å². The summed E-state index contributed by atoms with van der Waals surface area (Å²) < 4.78 is 54.0. The van der Waals surface area contributed by atoms with E-state index in [1.54, 1.807) is 0 Å². The van der Waals surface area contributed by atoms with Crippen LogP contribution >= 0.6 is 0 Å². The van der Waals surface area contributed by atoms with Crippen molar-refractivity contribution in [3.8, 4) is 0 Å². The van der Waals surface area contributed by atoms with Crippen molar-refractivity contribution < 1.29 is 56.8 Å². The average Bonchev–Trinajstić information content (AvgIpc) is 3.21. The molecule has 1 fully saturated rings. The van der Waals surface area contributed by atoms with Crippen LogP contribution in [0, 0.1) is 0 Å². The van der Waals surface area contributed by atoms with Gasteiger partial charge in [0.15, 0.2) is 12.4 Å². The maximum atomic E-state index is 12.8. The molecule has 0 radical (unpaired) electrons. The Labute approximate surface area is 362 Å². The molecular formula is C47H80O12S. The summed E-state index contributed by atoms with van der Waals surface area (Å²) in [6.45, 7) is 3.58. The molecule has 0 aromatic heterocycles. The lowest BCUT2D eigenvalue weighted by atomic mass is 10.00. The minimum atomic E-state index is -4.61. The van der Waals surface area contributed by atoms with Crippen LogP contribution in [0.4, 0.5) is 0 Å². The summed E-state index contributed by atoms with van der Waals surface area (Å²) in [5.74, 6) is -2.01. The van der Waals surface area contributed by atoms with Crippen molar-refractivity contribution in [1.29, 1.82) is 0 Å². The van der Waals surface area contributed by atoms with Crippen molar-refractivity contribution in [2.75, 3.05) is 19.0 Å². The monoisotopic (exact) mass is 869 g/mol. The van der Waals surface area contributed by atoms with Crippen LogP contribution in [0.2, 0.25) is 0 Å². The van der Waals surface area contributed by atoms with Gasteiger partial charge in [0.25, 0.3) is 10.1 Å². The number of carbonyl (C=O) groups is 2. The zero-order valence-electron chi connectivity index (χ0n) is 36.8. The highest BCUT2D eigenvalue weighted by Crippen LogP contribution is 2.24. The summed E-state index contributed by atoms with van der Waals surface area (Å²) in [6.07, 6.45) is 35.5. The molecule has 1 saturated heterocycles. The van der Waals surface area contributed by atoms with E-state index in [1.807, 2.05) is 0 Å². The Morgan fingerprint density at radius 3 is 1.58 bits per heavy atom. The molecule has 6 unspecified atom stereocenters. The molecule has 0 aromatic rings. The molecular weight excluding hydrogens is 789 g/mol. The van der Waals surface area contributed by atoms with Crippen LogP contribution in [-0.4, -0.2) is 96.0 Å². The van der Waals surface area contributed by atoms with Gasteiger partial charge in [0.05, 0.1) is 6.61 Å². The number of aliphatic hydroxyl groups excluding tert-OH is 3. The fourth-order valence-corrected chi connectivity index (χ4v) is 7.22. The van der Waals surface area contributed by atoms with E-state index in [-0.39, 0.29) is 19.4 Å². The normalized spacial score (nSPS) is 20.7. The quantitative estimate of drug-likeness (QED) is 0.0201. The largest absolute Gasteiger partial charge is 0.462 e. The van der Waals surface area contributed by atoms with E-state index in [2.05, 4.69) is 74.6 Å².